The van der Waals surface area contributed by atoms with Crippen LogP contribution in [0.15, 0.2) is 17.3 Å². The highest BCUT2D eigenvalue weighted by Crippen LogP contribution is 2.28. The van der Waals surface area contributed by atoms with E-state index in [1.807, 2.05) is 20.8 Å². The second kappa shape index (κ2) is 7.07. The molecule has 0 aromatic heterocycles. The highest BCUT2D eigenvalue weighted by Gasteiger charge is 2.29. The Morgan fingerprint density at radius 2 is 2.05 bits per heavy atom. The van der Waals surface area contributed by atoms with Crippen molar-refractivity contribution in [2.24, 2.45) is 10.9 Å². The lowest BCUT2D eigenvalue weighted by Gasteiger charge is -2.11. The molecule has 0 aliphatic heterocycles. The zero-order valence-corrected chi connectivity index (χ0v) is 12.1. The predicted octanol–water partition coefficient (Wildman–Crippen LogP) is 1.70. The van der Waals surface area contributed by atoms with Crippen molar-refractivity contribution in [2.75, 3.05) is 7.05 Å². The van der Waals surface area contributed by atoms with Crippen molar-refractivity contribution in [1.29, 1.82) is 0 Å². The Bertz CT molecular complexity index is 395. The number of nitrogens with zero attached hydrogens (tertiary/aromatic N) is 2. The number of amidine groups is 1. The SMILES string of the molecule is CCC(=O)N(C)/C=C/C(=NC(C)C)NC(=O)C1CC1. The summed E-state index contributed by atoms with van der Waals surface area (Å²) in [6.45, 7) is 5.70. The number of amides is 2. The smallest absolute Gasteiger partial charge is 0.228 e. The van der Waals surface area contributed by atoms with E-state index in [1.165, 1.54) is 4.90 Å². The van der Waals surface area contributed by atoms with Gasteiger partial charge in [0.05, 0.1) is 0 Å². The van der Waals surface area contributed by atoms with Crippen LogP contribution >= 0.6 is 0 Å². The van der Waals surface area contributed by atoms with Crippen LogP contribution in [0, 0.1) is 5.92 Å². The molecule has 0 aromatic rings. The lowest BCUT2D eigenvalue weighted by molar-refractivity contribution is -0.127. The lowest BCUT2D eigenvalue weighted by Crippen LogP contribution is -2.31. The van der Waals surface area contributed by atoms with Gasteiger partial charge in [0.25, 0.3) is 0 Å². The van der Waals surface area contributed by atoms with Gasteiger partial charge in [-0.15, -0.1) is 0 Å². The topological polar surface area (TPSA) is 61.8 Å². The molecule has 0 atom stereocenters. The molecule has 0 saturated heterocycles. The van der Waals surface area contributed by atoms with Gasteiger partial charge in [0.1, 0.15) is 5.84 Å². The predicted molar refractivity (Wildman–Crippen MR) is 75.6 cm³/mol. The zero-order valence-electron chi connectivity index (χ0n) is 12.1. The monoisotopic (exact) mass is 265 g/mol. The van der Waals surface area contributed by atoms with Crippen molar-refractivity contribution in [3.63, 3.8) is 0 Å². The maximum Gasteiger partial charge on any atom is 0.228 e. The molecule has 0 heterocycles. The molecule has 1 fully saturated rings. The highest BCUT2D eigenvalue weighted by atomic mass is 16.2. The van der Waals surface area contributed by atoms with Crippen LogP contribution in [0.1, 0.15) is 40.0 Å². The second-order valence-electron chi connectivity index (χ2n) is 5.05. The summed E-state index contributed by atoms with van der Waals surface area (Å²) in [5.74, 6) is 0.700. The summed E-state index contributed by atoms with van der Waals surface area (Å²) in [4.78, 5) is 29.0. The van der Waals surface area contributed by atoms with Crippen molar-refractivity contribution in [2.45, 2.75) is 46.1 Å². The fraction of sp³-hybridized carbons (Fsp3) is 0.643. The molecule has 2 amide bonds. The Balaban J connectivity index is 2.66. The largest absolute Gasteiger partial charge is 0.322 e. The van der Waals surface area contributed by atoms with Gasteiger partial charge in [0, 0.05) is 31.6 Å². The van der Waals surface area contributed by atoms with Crippen molar-refractivity contribution in [1.82, 2.24) is 10.2 Å². The summed E-state index contributed by atoms with van der Waals surface area (Å²) < 4.78 is 0. The van der Waals surface area contributed by atoms with Crippen molar-refractivity contribution >= 4 is 17.6 Å². The van der Waals surface area contributed by atoms with Crippen molar-refractivity contribution in [3.05, 3.63) is 12.3 Å². The van der Waals surface area contributed by atoms with Gasteiger partial charge in [-0.25, -0.2) is 0 Å². The number of hydrogen-bond acceptors (Lipinski definition) is 3. The van der Waals surface area contributed by atoms with Gasteiger partial charge in [-0.2, -0.15) is 0 Å². The standard InChI is InChI=1S/C14H23N3O2/c1-5-13(18)17(4)9-8-12(15-10(2)3)16-14(19)11-6-7-11/h8-11H,5-7H2,1-4H3,(H,15,16,19)/b9-8+. The summed E-state index contributed by atoms with van der Waals surface area (Å²) in [6, 6.07) is 0.0892. The number of nitrogens with one attached hydrogen (secondary N) is 1. The maximum atomic E-state index is 11.7. The molecule has 1 aliphatic rings. The van der Waals surface area contributed by atoms with Gasteiger partial charge in [-0.3, -0.25) is 14.6 Å². The fourth-order valence-electron chi connectivity index (χ4n) is 1.48. The van der Waals surface area contributed by atoms with E-state index >= 15 is 0 Å². The Kier molecular flexibility index (Phi) is 5.73. The molecule has 1 aliphatic carbocycles. The molecule has 1 N–H and O–H groups in total. The lowest BCUT2D eigenvalue weighted by atomic mass is 10.3. The van der Waals surface area contributed by atoms with Crippen LogP contribution in [0.2, 0.25) is 0 Å². The molecular formula is C14H23N3O2. The first kappa shape index (κ1) is 15.4. The average Bonchev–Trinajstić information content (AvgIpc) is 3.17. The molecule has 0 unspecified atom stereocenters. The molecule has 5 nitrogen and oxygen atoms in total. The minimum atomic E-state index is 0.0218. The van der Waals surface area contributed by atoms with E-state index in [0.29, 0.717) is 12.3 Å². The summed E-state index contributed by atoms with van der Waals surface area (Å²) in [7, 11) is 1.69. The summed E-state index contributed by atoms with van der Waals surface area (Å²) in [5.41, 5.74) is 0. The van der Waals surface area contributed by atoms with Crippen molar-refractivity contribution in [3.8, 4) is 0 Å². The first-order chi connectivity index (χ1) is 8.93. The minimum Gasteiger partial charge on any atom is -0.322 e. The number of hydrogen-bond donors (Lipinski definition) is 1. The van der Waals surface area contributed by atoms with Crippen LogP contribution in [-0.4, -0.2) is 35.6 Å². The molecule has 5 heteroatoms. The zero-order chi connectivity index (χ0) is 14.4. The molecule has 0 aromatic carbocycles. The van der Waals surface area contributed by atoms with Gasteiger partial charge >= 0.3 is 0 Å². The second-order valence-corrected chi connectivity index (χ2v) is 5.05. The molecule has 19 heavy (non-hydrogen) atoms. The number of carbonyl (C=O) groups is 2. The minimum absolute atomic E-state index is 0.0218. The molecule has 106 valence electrons. The van der Waals surface area contributed by atoms with E-state index in [2.05, 4.69) is 10.3 Å². The third-order valence-electron chi connectivity index (χ3n) is 2.75. The first-order valence-electron chi connectivity index (χ1n) is 6.76. The van der Waals surface area contributed by atoms with Gasteiger partial charge in [-0.05, 0) is 32.8 Å². The number of rotatable bonds is 5. The van der Waals surface area contributed by atoms with Gasteiger partial charge in [0.2, 0.25) is 11.8 Å². The molecule has 0 bridgehead atoms. The Morgan fingerprint density at radius 3 is 2.53 bits per heavy atom. The van der Waals surface area contributed by atoms with Crippen LogP contribution in [0.3, 0.4) is 0 Å². The quantitative estimate of drug-likeness (QED) is 0.607. The van der Waals surface area contributed by atoms with E-state index in [9.17, 15) is 9.59 Å². The summed E-state index contributed by atoms with van der Waals surface area (Å²) in [5, 5.41) is 2.81. The number of aliphatic imine (C=N–C) groups is 1. The molecule has 0 radical (unpaired) electrons. The highest BCUT2D eigenvalue weighted by molar-refractivity contribution is 6.05. The van der Waals surface area contributed by atoms with Gasteiger partial charge < -0.3 is 10.2 Å². The van der Waals surface area contributed by atoms with Gasteiger partial charge in [0.15, 0.2) is 0 Å². The summed E-state index contributed by atoms with van der Waals surface area (Å²) >= 11 is 0. The van der Waals surface area contributed by atoms with E-state index < -0.39 is 0 Å². The molecule has 1 saturated carbocycles. The van der Waals surface area contributed by atoms with Gasteiger partial charge in [-0.1, -0.05) is 6.92 Å². The van der Waals surface area contributed by atoms with Crippen LogP contribution < -0.4 is 5.32 Å². The van der Waals surface area contributed by atoms with Crippen LogP contribution in [-0.2, 0) is 9.59 Å². The summed E-state index contributed by atoms with van der Waals surface area (Å²) in [6.07, 6.45) is 5.68. The number of carbonyl (C=O) groups excluding carboxylic acids is 2. The van der Waals surface area contributed by atoms with Crippen molar-refractivity contribution < 1.29 is 9.59 Å². The third-order valence-corrected chi connectivity index (χ3v) is 2.75. The van der Waals surface area contributed by atoms with Crippen LogP contribution in [0.25, 0.3) is 0 Å². The normalized spacial score (nSPS) is 15.9. The Hall–Kier alpha value is -1.65. The Labute approximate surface area is 114 Å². The maximum absolute atomic E-state index is 11.7. The average molecular weight is 265 g/mol. The van der Waals surface area contributed by atoms with E-state index in [1.54, 1.807) is 19.3 Å². The third kappa shape index (κ3) is 5.68. The molecule has 0 spiro atoms. The van der Waals surface area contributed by atoms with E-state index in [-0.39, 0.29) is 23.8 Å². The van der Waals surface area contributed by atoms with Crippen LogP contribution in [0.5, 0.6) is 0 Å². The van der Waals surface area contributed by atoms with Crippen LogP contribution in [0.4, 0.5) is 0 Å². The molecule has 1 rings (SSSR count). The van der Waals surface area contributed by atoms with E-state index in [0.717, 1.165) is 12.8 Å². The fourth-order valence-corrected chi connectivity index (χ4v) is 1.48. The Morgan fingerprint density at radius 1 is 1.42 bits per heavy atom. The van der Waals surface area contributed by atoms with E-state index in [4.69, 9.17) is 0 Å². The first-order valence-corrected chi connectivity index (χ1v) is 6.76. The molecular weight excluding hydrogens is 242 g/mol.